The quantitative estimate of drug-likeness (QED) is 0.0844. The normalized spacial score (nSPS) is 8.44. The Kier molecular flexibility index (Phi) is 78.3. The lowest BCUT2D eigenvalue weighted by Crippen LogP contribution is -1.66. The number of aromatic amines is 6. The molecule has 364 valence electrons. The minimum atomic E-state index is 0.833. The van der Waals surface area contributed by atoms with Crippen molar-refractivity contribution in [2.24, 2.45) is 41.4 Å². The molecule has 63 heavy (non-hydrogen) atoms. The van der Waals surface area contributed by atoms with E-state index in [1.165, 1.54) is 24.4 Å². The van der Waals surface area contributed by atoms with Gasteiger partial charge < -0.3 is 9.97 Å². The number of imidazole rings is 1. The molecule has 0 atom stereocenters. The summed E-state index contributed by atoms with van der Waals surface area (Å²) in [6, 6.07) is 5.72. The number of hydrogen-bond acceptors (Lipinski definition) is 11. The molecule has 7 heterocycles. The molecule has 0 aliphatic rings. The highest BCUT2D eigenvalue weighted by Gasteiger charge is 1.71. The fraction of sp³-hybridized carbons (Fsp3) is 0.609. The molecule has 0 saturated heterocycles. The van der Waals surface area contributed by atoms with E-state index in [2.05, 4.69) is 225 Å². The molecule has 7 aromatic heterocycles. The Morgan fingerprint density at radius 3 is 0.794 bits per heavy atom. The van der Waals surface area contributed by atoms with E-state index in [9.17, 15) is 0 Å². The first-order chi connectivity index (χ1) is 29.6. The van der Waals surface area contributed by atoms with E-state index in [0.717, 1.165) is 41.4 Å². The van der Waals surface area contributed by atoms with Gasteiger partial charge in [0, 0.05) is 37.2 Å². The summed E-state index contributed by atoms with van der Waals surface area (Å²) >= 11 is 1.21. The van der Waals surface area contributed by atoms with Crippen molar-refractivity contribution in [1.29, 1.82) is 0 Å². The number of H-pyrrole nitrogens is 6. The van der Waals surface area contributed by atoms with E-state index in [-0.39, 0.29) is 0 Å². The Labute approximate surface area is 388 Å². The summed E-state index contributed by atoms with van der Waals surface area (Å²) < 4.78 is 7.31. The third kappa shape index (κ3) is 192. The minimum absolute atomic E-state index is 0.833. The van der Waals surface area contributed by atoms with Gasteiger partial charge in [0.25, 0.3) is 0 Å². The van der Waals surface area contributed by atoms with Gasteiger partial charge in [0.1, 0.15) is 12.7 Å². The van der Waals surface area contributed by atoms with Gasteiger partial charge in [-0.1, -0.05) is 145 Å². The Morgan fingerprint density at radius 1 is 0.317 bits per heavy atom. The van der Waals surface area contributed by atoms with Crippen LogP contribution >= 0.6 is 11.7 Å². The van der Waals surface area contributed by atoms with E-state index in [1.54, 1.807) is 68.3 Å². The van der Waals surface area contributed by atoms with Crippen LogP contribution in [0.2, 0.25) is 0 Å². The van der Waals surface area contributed by atoms with Crippen molar-refractivity contribution in [3.63, 3.8) is 0 Å². The monoisotopic (exact) mass is 903 g/mol. The van der Waals surface area contributed by atoms with E-state index < -0.39 is 0 Å². The number of nitrogens with zero attached hydrogens (tertiary/aromatic N) is 10. The predicted octanol–water partition coefficient (Wildman–Crippen LogP) is 13.4. The maximum atomic E-state index is 3.67. The number of aromatic nitrogens is 16. The zero-order valence-corrected chi connectivity index (χ0v) is 44.1. The average molecular weight is 903 g/mol. The minimum Gasteiger partial charge on any atom is -0.368 e. The Balaban J connectivity index is -0.000000107. The highest BCUT2D eigenvalue weighted by Crippen LogP contribution is 1.84. The maximum Gasteiger partial charge on any atom is 0.137 e. The second-order valence-electron chi connectivity index (χ2n) is 17.1. The predicted molar refractivity (Wildman–Crippen MR) is 271 cm³/mol. The lowest BCUT2D eigenvalue weighted by molar-refractivity contribution is 0.736. The van der Waals surface area contributed by atoms with Crippen molar-refractivity contribution in [3.05, 3.63) is 112 Å². The lowest BCUT2D eigenvalue weighted by Gasteiger charge is -1.79. The molecule has 0 unspecified atom stereocenters. The summed E-state index contributed by atoms with van der Waals surface area (Å²) in [5.41, 5.74) is 0. The van der Waals surface area contributed by atoms with E-state index in [4.69, 9.17) is 0 Å². The van der Waals surface area contributed by atoms with Gasteiger partial charge in [-0.25, -0.2) is 9.97 Å². The molecule has 7 rings (SSSR count). The molecule has 0 aliphatic carbocycles. The lowest BCUT2D eigenvalue weighted by atomic mass is 10.3. The molecule has 0 fully saturated rings. The van der Waals surface area contributed by atoms with Crippen LogP contribution in [0.1, 0.15) is 145 Å². The SMILES string of the molecule is CC(C)C.CC(C)C.CC(C)C.CC(C)C.CC(C)C.CC(C)C.CC(C)C.c1c[nH]cn1.c1cc[nH]c1.c1cn[nH]c1.c1cn[nH]n1.c1cn[nH]n1.c1cnsn1.c1nc[nH]n1. The standard InChI is InChI=1S/C4H5N.7C4H10.2C3H4N2.3C2H3N3.C2H2N2S/c1-2-4-5-3-1;7*1-4(2)3;1-2-5-3-4-1;1-2-4-5-3-1;1-3-2-5-4-1;3*1-2-4-5-3-1/h1-5H;7*4H,1-3H3;2*1-3H,(H,4,5);3*1-2H,(H,3,4,5);1-2H. The van der Waals surface area contributed by atoms with Gasteiger partial charge in [-0.05, 0) is 59.6 Å². The molecule has 17 heteroatoms. The van der Waals surface area contributed by atoms with Crippen LogP contribution < -0.4 is 0 Å². The highest BCUT2D eigenvalue weighted by atomic mass is 32.1. The van der Waals surface area contributed by atoms with Crippen molar-refractivity contribution in [2.75, 3.05) is 0 Å². The second-order valence-corrected chi connectivity index (χ2v) is 17.7. The number of nitrogens with one attached hydrogen (secondary N) is 6. The van der Waals surface area contributed by atoms with Crippen molar-refractivity contribution in [3.8, 4) is 0 Å². The Bertz CT molecular complexity index is 961. The van der Waals surface area contributed by atoms with Crippen molar-refractivity contribution in [2.45, 2.75) is 145 Å². The Hall–Kier alpha value is -5.32. The summed E-state index contributed by atoms with van der Waals surface area (Å²) in [6.45, 7) is 45.5. The molecule has 0 aromatic carbocycles. The van der Waals surface area contributed by atoms with Gasteiger partial charge in [-0.15, -0.1) is 0 Å². The van der Waals surface area contributed by atoms with Gasteiger partial charge in [-0.2, -0.15) is 49.8 Å². The van der Waals surface area contributed by atoms with Crippen LogP contribution in [0.3, 0.4) is 0 Å². The first-order valence-electron chi connectivity index (χ1n) is 21.7. The first kappa shape index (κ1) is 72.1. The molecule has 0 aliphatic heterocycles. The smallest absolute Gasteiger partial charge is 0.137 e. The largest absolute Gasteiger partial charge is 0.368 e. The third-order valence-electron chi connectivity index (χ3n) is 2.58. The molecule has 0 spiro atoms. The summed E-state index contributed by atoms with van der Waals surface area (Å²) in [4.78, 5) is 12.8. The van der Waals surface area contributed by atoms with Crippen LogP contribution in [0, 0.1) is 41.4 Å². The molecule has 0 amide bonds. The topological polar surface area (TPSA) is 224 Å². The number of rotatable bonds is 0. The van der Waals surface area contributed by atoms with Crippen molar-refractivity contribution >= 4 is 11.7 Å². The van der Waals surface area contributed by atoms with E-state index in [0.29, 0.717) is 0 Å². The summed E-state index contributed by atoms with van der Waals surface area (Å²) in [5, 5.41) is 30.9. The zero-order chi connectivity index (χ0) is 49.8. The molecule has 0 saturated carbocycles. The molecule has 16 nitrogen and oxygen atoms in total. The van der Waals surface area contributed by atoms with Gasteiger partial charge in [0.15, 0.2) is 0 Å². The summed E-state index contributed by atoms with van der Waals surface area (Å²) in [5.74, 6) is 5.83. The molecule has 6 N–H and O–H groups in total. The summed E-state index contributed by atoms with van der Waals surface area (Å²) in [7, 11) is 0. The van der Waals surface area contributed by atoms with Crippen LogP contribution in [0.5, 0.6) is 0 Å². The molecule has 0 radical (unpaired) electrons. The molecular weight excluding hydrogens is 809 g/mol. The maximum absolute atomic E-state index is 3.67. The fourth-order valence-electron chi connectivity index (χ4n) is 1.34. The fourth-order valence-corrected chi connectivity index (χ4v) is 1.62. The second kappa shape index (κ2) is 68.4. The Morgan fingerprint density at radius 2 is 0.698 bits per heavy atom. The molecule has 0 bridgehead atoms. The molecular formula is C46H94N16S. The van der Waals surface area contributed by atoms with Gasteiger partial charge in [0.2, 0.25) is 0 Å². The highest BCUT2D eigenvalue weighted by molar-refractivity contribution is 6.98. The number of hydrogen-bond donors (Lipinski definition) is 6. The zero-order valence-electron chi connectivity index (χ0n) is 43.3. The van der Waals surface area contributed by atoms with Crippen LogP contribution in [-0.4, -0.2) is 79.9 Å². The molecule has 7 aromatic rings. The van der Waals surface area contributed by atoms with Gasteiger partial charge in [-0.3, -0.25) is 10.2 Å². The summed E-state index contributed by atoms with van der Waals surface area (Å²) in [6.07, 6.45) is 24.9. The average Bonchev–Trinajstić information content (AvgIpc) is 4.07. The van der Waals surface area contributed by atoms with E-state index in [1.807, 2.05) is 30.6 Å². The first-order valence-corrected chi connectivity index (χ1v) is 22.4. The van der Waals surface area contributed by atoms with Crippen LogP contribution in [-0.2, 0) is 0 Å². The van der Waals surface area contributed by atoms with Gasteiger partial charge in [0.05, 0.1) is 55.2 Å². The van der Waals surface area contributed by atoms with Crippen molar-refractivity contribution in [1.82, 2.24) is 79.9 Å². The van der Waals surface area contributed by atoms with Gasteiger partial charge >= 0.3 is 0 Å². The van der Waals surface area contributed by atoms with Crippen LogP contribution in [0.4, 0.5) is 0 Å². The third-order valence-corrected chi connectivity index (χ3v) is 3.02. The van der Waals surface area contributed by atoms with Crippen LogP contribution in [0.15, 0.2) is 112 Å². The van der Waals surface area contributed by atoms with E-state index >= 15 is 0 Å². The van der Waals surface area contributed by atoms with Crippen molar-refractivity contribution < 1.29 is 0 Å². The van der Waals surface area contributed by atoms with Crippen LogP contribution in [0.25, 0.3) is 0 Å².